The van der Waals surface area contributed by atoms with E-state index in [1.54, 1.807) is 6.20 Å². The Labute approximate surface area is 201 Å². The molecule has 0 atom stereocenters. The first-order valence-electron chi connectivity index (χ1n) is 11.5. The van der Waals surface area contributed by atoms with Crippen LogP contribution in [0.15, 0.2) is 54.7 Å². The Hall–Kier alpha value is -2.67. The second-order valence-electron chi connectivity index (χ2n) is 9.07. The van der Waals surface area contributed by atoms with Crippen molar-refractivity contribution in [2.75, 3.05) is 33.2 Å². The summed E-state index contributed by atoms with van der Waals surface area (Å²) in [4.78, 5) is 17.9. The van der Waals surface area contributed by atoms with E-state index in [1.165, 1.54) is 5.56 Å². The molecule has 1 saturated heterocycles. The number of carbonyl (C=O) groups is 1. The molecule has 7 heteroatoms. The number of halogens is 1. The van der Waals surface area contributed by atoms with Gasteiger partial charge in [-0.15, -0.1) is 0 Å². The lowest BCUT2D eigenvalue weighted by atomic mass is 10.0. The third-order valence-electron chi connectivity index (χ3n) is 6.12. The second kappa shape index (κ2) is 10.5. The van der Waals surface area contributed by atoms with E-state index in [0.29, 0.717) is 17.1 Å². The van der Waals surface area contributed by atoms with Crippen LogP contribution < -0.4 is 5.32 Å². The summed E-state index contributed by atoms with van der Waals surface area (Å²) in [5, 5.41) is 8.26. The van der Waals surface area contributed by atoms with Gasteiger partial charge in [0.25, 0.3) is 5.91 Å². The normalized spacial score (nSPS) is 15.2. The fourth-order valence-electron chi connectivity index (χ4n) is 4.26. The average Bonchev–Trinajstić information content (AvgIpc) is 3.25. The highest BCUT2D eigenvalue weighted by Crippen LogP contribution is 2.24. The quantitative estimate of drug-likeness (QED) is 0.564. The van der Waals surface area contributed by atoms with E-state index in [0.717, 1.165) is 49.7 Å². The second-order valence-corrected chi connectivity index (χ2v) is 9.50. The highest BCUT2D eigenvalue weighted by molar-refractivity contribution is 6.30. The van der Waals surface area contributed by atoms with Crippen LogP contribution in [0.5, 0.6) is 0 Å². The summed E-state index contributed by atoms with van der Waals surface area (Å²) in [5.41, 5.74) is 4.77. The van der Waals surface area contributed by atoms with Gasteiger partial charge in [-0.2, -0.15) is 5.10 Å². The molecule has 2 aromatic carbocycles. The van der Waals surface area contributed by atoms with E-state index in [1.807, 2.05) is 28.9 Å². The number of piperazine rings is 1. The van der Waals surface area contributed by atoms with Crippen molar-refractivity contribution in [1.82, 2.24) is 24.9 Å². The minimum atomic E-state index is -0.108. The molecule has 174 valence electrons. The summed E-state index contributed by atoms with van der Waals surface area (Å²) >= 11 is 6.03. The number of nitrogens with one attached hydrogen (secondary N) is 1. The van der Waals surface area contributed by atoms with Gasteiger partial charge in [-0.25, -0.2) is 4.68 Å². The van der Waals surface area contributed by atoms with Gasteiger partial charge < -0.3 is 10.2 Å². The number of hydrogen-bond donors (Lipinski definition) is 1. The van der Waals surface area contributed by atoms with Crippen molar-refractivity contribution in [1.29, 1.82) is 0 Å². The van der Waals surface area contributed by atoms with Crippen LogP contribution in [0, 0.1) is 0 Å². The van der Waals surface area contributed by atoms with Crippen molar-refractivity contribution in [2.45, 2.75) is 32.9 Å². The third kappa shape index (κ3) is 5.82. The van der Waals surface area contributed by atoms with Gasteiger partial charge >= 0.3 is 0 Å². The summed E-state index contributed by atoms with van der Waals surface area (Å²) in [5.74, 6) is 0.0271. The first-order chi connectivity index (χ1) is 15.9. The monoisotopic (exact) mass is 465 g/mol. The van der Waals surface area contributed by atoms with Gasteiger partial charge in [-0.05, 0) is 48.4 Å². The Balaban J connectivity index is 1.43. The Bertz CT molecular complexity index is 1080. The molecule has 1 amide bonds. The molecule has 0 unspecified atom stereocenters. The molecule has 1 N–H and O–H groups in total. The largest absolute Gasteiger partial charge is 0.348 e. The third-order valence-corrected chi connectivity index (χ3v) is 6.37. The predicted molar refractivity (Wildman–Crippen MR) is 133 cm³/mol. The Morgan fingerprint density at radius 2 is 1.76 bits per heavy atom. The number of nitrogens with zero attached hydrogens (tertiary/aromatic N) is 4. The van der Waals surface area contributed by atoms with Crippen molar-refractivity contribution in [3.05, 3.63) is 82.1 Å². The Morgan fingerprint density at radius 3 is 2.45 bits per heavy atom. The molecule has 1 aliphatic rings. The number of rotatable bonds is 7. The fraction of sp³-hybridized carbons (Fsp3) is 0.385. The molecule has 0 saturated carbocycles. The van der Waals surface area contributed by atoms with Crippen molar-refractivity contribution < 1.29 is 4.79 Å². The van der Waals surface area contributed by atoms with Gasteiger partial charge in [0.1, 0.15) is 0 Å². The SMILES string of the molecule is CC(C)c1c(C(=O)NCc2cccc(CN3CCN(C)CC3)c2)cnn1-c1ccc(Cl)cc1. The van der Waals surface area contributed by atoms with E-state index >= 15 is 0 Å². The molecule has 33 heavy (non-hydrogen) atoms. The maximum atomic E-state index is 13.1. The lowest BCUT2D eigenvalue weighted by Crippen LogP contribution is -2.43. The van der Waals surface area contributed by atoms with E-state index in [2.05, 4.69) is 65.4 Å². The lowest BCUT2D eigenvalue weighted by Gasteiger charge is -2.32. The molecule has 6 nitrogen and oxygen atoms in total. The van der Waals surface area contributed by atoms with Crippen LogP contribution >= 0.6 is 11.6 Å². The summed E-state index contributed by atoms with van der Waals surface area (Å²) in [6.45, 7) is 9.97. The molecular formula is C26H32ClN5O. The number of aromatic nitrogens is 2. The summed E-state index contributed by atoms with van der Waals surface area (Å²) in [6.07, 6.45) is 1.66. The van der Waals surface area contributed by atoms with Crippen LogP contribution in [-0.2, 0) is 13.1 Å². The molecular weight excluding hydrogens is 434 g/mol. The molecule has 0 spiro atoms. The molecule has 0 radical (unpaired) electrons. The van der Waals surface area contributed by atoms with Crippen LogP contribution in [0.3, 0.4) is 0 Å². The first-order valence-corrected chi connectivity index (χ1v) is 11.9. The van der Waals surface area contributed by atoms with E-state index in [4.69, 9.17) is 11.6 Å². The molecule has 1 aliphatic heterocycles. The number of carbonyl (C=O) groups excluding carboxylic acids is 1. The zero-order chi connectivity index (χ0) is 23.4. The Kier molecular flexibility index (Phi) is 7.48. The topological polar surface area (TPSA) is 53.4 Å². The standard InChI is InChI=1S/C26H32ClN5O/c1-19(2)25-24(17-29-32(25)23-9-7-22(27)8-10-23)26(33)28-16-20-5-4-6-21(15-20)18-31-13-11-30(3)12-14-31/h4-10,15,17,19H,11-14,16,18H2,1-3H3,(H,28,33). The number of amides is 1. The van der Waals surface area contributed by atoms with Crippen LogP contribution in [0.2, 0.25) is 5.02 Å². The smallest absolute Gasteiger partial charge is 0.255 e. The van der Waals surface area contributed by atoms with Gasteiger partial charge in [-0.1, -0.05) is 49.7 Å². The van der Waals surface area contributed by atoms with Gasteiger partial charge in [0.15, 0.2) is 0 Å². The van der Waals surface area contributed by atoms with Crippen LogP contribution in [0.4, 0.5) is 0 Å². The zero-order valence-corrected chi connectivity index (χ0v) is 20.3. The van der Waals surface area contributed by atoms with Crippen LogP contribution in [0.1, 0.15) is 46.9 Å². The van der Waals surface area contributed by atoms with E-state index in [9.17, 15) is 4.79 Å². The Morgan fingerprint density at radius 1 is 1.06 bits per heavy atom. The molecule has 1 aromatic heterocycles. The molecule has 3 aromatic rings. The van der Waals surface area contributed by atoms with Gasteiger partial charge in [0, 0.05) is 44.3 Å². The summed E-state index contributed by atoms with van der Waals surface area (Å²) in [7, 11) is 2.17. The van der Waals surface area contributed by atoms with Gasteiger partial charge in [0.05, 0.1) is 23.1 Å². The maximum absolute atomic E-state index is 13.1. The lowest BCUT2D eigenvalue weighted by molar-refractivity contribution is 0.0949. The summed E-state index contributed by atoms with van der Waals surface area (Å²) < 4.78 is 1.83. The van der Waals surface area contributed by atoms with Crippen molar-refractivity contribution in [3.63, 3.8) is 0 Å². The van der Waals surface area contributed by atoms with E-state index in [-0.39, 0.29) is 11.8 Å². The molecule has 1 fully saturated rings. The molecule has 2 heterocycles. The number of benzene rings is 2. The van der Waals surface area contributed by atoms with Gasteiger partial charge in [0.2, 0.25) is 0 Å². The van der Waals surface area contributed by atoms with E-state index < -0.39 is 0 Å². The molecule has 0 aliphatic carbocycles. The van der Waals surface area contributed by atoms with Crippen LogP contribution in [0.25, 0.3) is 5.69 Å². The number of likely N-dealkylation sites (N-methyl/N-ethyl adjacent to an activating group) is 1. The number of hydrogen-bond acceptors (Lipinski definition) is 4. The first kappa shape index (κ1) is 23.5. The maximum Gasteiger partial charge on any atom is 0.255 e. The van der Waals surface area contributed by atoms with Gasteiger partial charge in [-0.3, -0.25) is 9.69 Å². The zero-order valence-electron chi connectivity index (χ0n) is 19.6. The fourth-order valence-corrected chi connectivity index (χ4v) is 4.38. The van der Waals surface area contributed by atoms with Crippen molar-refractivity contribution in [2.24, 2.45) is 0 Å². The molecule has 4 rings (SSSR count). The average molecular weight is 466 g/mol. The minimum absolute atomic E-state index is 0.108. The highest BCUT2D eigenvalue weighted by Gasteiger charge is 2.21. The van der Waals surface area contributed by atoms with Crippen LogP contribution in [-0.4, -0.2) is 58.7 Å². The van der Waals surface area contributed by atoms with Crippen molar-refractivity contribution in [3.8, 4) is 5.69 Å². The molecule has 0 bridgehead atoms. The van der Waals surface area contributed by atoms with Crippen molar-refractivity contribution >= 4 is 17.5 Å². The summed E-state index contributed by atoms with van der Waals surface area (Å²) in [6, 6.07) is 16.0. The highest BCUT2D eigenvalue weighted by atomic mass is 35.5. The predicted octanol–water partition coefficient (Wildman–Crippen LogP) is 4.33. The minimum Gasteiger partial charge on any atom is -0.348 e.